The van der Waals surface area contributed by atoms with E-state index in [1.165, 1.54) is 6.92 Å². The van der Waals surface area contributed by atoms with Crippen molar-refractivity contribution >= 4 is 64.9 Å². The zero-order chi connectivity index (χ0) is 50.5. The van der Waals surface area contributed by atoms with Gasteiger partial charge in [-0.25, -0.2) is 4.79 Å². The SMILES string of the molecule is C=NC(=O)OCc1ccc(NC(=O)[C@H](C)NC(=O)[C@@H](NC(=O)CCC(=O)N(CCOCCOCCC(=O)OC(C)(C)C)C2CCN(C(=O)CCn3c(CNC)cc4ccccc43)CC2)C(C)C)cc1. The molecule has 0 radical (unpaired) electrons. The fraction of sp³-hybridized carbons (Fsp3) is 0.560. The van der Waals surface area contributed by atoms with Gasteiger partial charge in [0.2, 0.25) is 29.5 Å². The predicted octanol–water partition coefficient (Wildman–Crippen LogP) is 4.74. The van der Waals surface area contributed by atoms with E-state index in [1.807, 2.05) is 24.1 Å². The van der Waals surface area contributed by atoms with E-state index in [0.717, 1.165) is 16.6 Å². The summed E-state index contributed by atoms with van der Waals surface area (Å²) in [7, 11) is 1.90. The Morgan fingerprint density at radius 2 is 1.52 bits per heavy atom. The van der Waals surface area contributed by atoms with Gasteiger partial charge in [-0.05, 0) is 95.4 Å². The second kappa shape index (κ2) is 27.7. The molecule has 6 amide bonds. The number of benzene rings is 2. The summed E-state index contributed by atoms with van der Waals surface area (Å²) < 4.78 is 23.8. The lowest BCUT2D eigenvalue weighted by Crippen LogP contribution is -2.54. The molecule has 1 saturated heterocycles. The van der Waals surface area contributed by atoms with Crippen molar-refractivity contribution in [2.45, 2.75) is 123 Å². The number of carbonyl (C=O) groups excluding carboxylic acids is 7. The molecule has 1 fully saturated rings. The molecule has 2 aromatic carbocycles. The van der Waals surface area contributed by atoms with Crippen molar-refractivity contribution in [1.29, 1.82) is 0 Å². The molecule has 69 heavy (non-hydrogen) atoms. The average molecular weight is 961 g/mol. The predicted molar refractivity (Wildman–Crippen MR) is 261 cm³/mol. The molecular weight excluding hydrogens is 889 g/mol. The van der Waals surface area contributed by atoms with E-state index in [2.05, 4.69) is 55.7 Å². The molecule has 0 saturated carbocycles. The van der Waals surface area contributed by atoms with Gasteiger partial charge in [0.15, 0.2) is 0 Å². The van der Waals surface area contributed by atoms with Crippen LogP contribution in [0.1, 0.15) is 91.3 Å². The molecular formula is C50H72N8O11. The third-order valence-corrected chi connectivity index (χ3v) is 11.4. The summed E-state index contributed by atoms with van der Waals surface area (Å²) in [5.74, 6) is -2.48. The Hall–Kier alpha value is -6.18. The number of amides is 6. The van der Waals surface area contributed by atoms with Crippen LogP contribution in [0.2, 0.25) is 0 Å². The molecule has 0 spiro atoms. The summed E-state index contributed by atoms with van der Waals surface area (Å²) in [5.41, 5.74) is 2.72. The third kappa shape index (κ3) is 18.7. The maximum Gasteiger partial charge on any atom is 0.433 e. The number of aryl methyl sites for hydroxylation is 1. The van der Waals surface area contributed by atoms with E-state index in [0.29, 0.717) is 56.7 Å². The van der Waals surface area contributed by atoms with E-state index in [9.17, 15) is 33.6 Å². The highest BCUT2D eigenvalue weighted by Crippen LogP contribution is 2.23. The molecule has 378 valence electrons. The first-order chi connectivity index (χ1) is 32.9. The fourth-order valence-corrected chi connectivity index (χ4v) is 7.83. The Morgan fingerprint density at radius 3 is 2.17 bits per heavy atom. The second-order valence-electron chi connectivity index (χ2n) is 18.3. The lowest BCUT2D eigenvalue weighted by Gasteiger charge is -2.39. The Kier molecular flexibility index (Phi) is 22.3. The molecule has 4 rings (SSSR count). The van der Waals surface area contributed by atoms with Gasteiger partial charge in [0, 0.05) is 74.9 Å². The molecule has 4 N–H and O–H groups in total. The number of nitrogens with one attached hydrogen (secondary N) is 4. The van der Waals surface area contributed by atoms with Gasteiger partial charge in [0.1, 0.15) is 24.3 Å². The average Bonchev–Trinajstić information content (AvgIpc) is 3.66. The monoisotopic (exact) mass is 961 g/mol. The smallest absolute Gasteiger partial charge is 0.433 e. The minimum Gasteiger partial charge on any atom is -0.460 e. The first kappa shape index (κ1) is 55.4. The van der Waals surface area contributed by atoms with Crippen molar-refractivity contribution in [3.8, 4) is 0 Å². The molecule has 1 aliphatic rings. The van der Waals surface area contributed by atoms with E-state index in [-0.39, 0.29) is 88.6 Å². The number of piperidine rings is 1. The Balaban J connectivity index is 1.30. The van der Waals surface area contributed by atoms with Crippen LogP contribution in [-0.4, -0.2) is 140 Å². The number of rotatable bonds is 26. The normalized spacial score (nSPS) is 13.9. The lowest BCUT2D eigenvalue weighted by molar-refractivity contribution is -0.156. The van der Waals surface area contributed by atoms with Gasteiger partial charge in [-0.3, -0.25) is 28.8 Å². The van der Waals surface area contributed by atoms with Crippen LogP contribution in [0.5, 0.6) is 0 Å². The van der Waals surface area contributed by atoms with Gasteiger partial charge >= 0.3 is 12.1 Å². The minimum absolute atomic E-state index is 0.0177. The fourth-order valence-electron chi connectivity index (χ4n) is 7.83. The molecule has 19 heteroatoms. The Morgan fingerprint density at radius 1 is 0.841 bits per heavy atom. The molecule has 19 nitrogen and oxygen atoms in total. The van der Waals surface area contributed by atoms with Crippen LogP contribution >= 0.6 is 0 Å². The number of esters is 1. The second-order valence-corrected chi connectivity index (χ2v) is 18.3. The van der Waals surface area contributed by atoms with Crippen molar-refractivity contribution in [2.75, 3.05) is 58.4 Å². The number of ether oxygens (including phenoxy) is 4. The number of aliphatic imine (C=N–C) groups is 1. The standard InChI is InChI=1S/C50H72N8O11/c1-34(2)46(48(64)53-35(3)47(63)54-38-15-13-36(14-16-38)33-68-49(65)52-8)55-42(59)17-18-44(61)58(26-28-67-30-29-66-27-22-45(62)69-50(4,5)6)39-19-23-56(24-20-39)43(60)21-25-57-40(32-51-7)31-37-11-9-10-12-41(37)57/h9-16,31,34-35,39,46,51H,8,17-30,32-33H2,1-7H3,(H,53,64)(H,54,63)(H,55,59)/t35-,46-/m0/s1. The van der Waals surface area contributed by atoms with Crippen molar-refractivity contribution in [3.63, 3.8) is 0 Å². The molecule has 0 bridgehead atoms. The van der Waals surface area contributed by atoms with Crippen LogP contribution in [0, 0.1) is 5.92 Å². The Bertz CT molecular complexity index is 2200. The molecule has 3 aromatic rings. The van der Waals surface area contributed by atoms with E-state index in [4.69, 9.17) is 18.9 Å². The number of nitrogens with zero attached hydrogens (tertiary/aromatic N) is 4. The molecule has 0 aliphatic carbocycles. The largest absolute Gasteiger partial charge is 0.460 e. The summed E-state index contributed by atoms with van der Waals surface area (Å²) in [6, 6.07) is 14.7. The van der Waals surface area contributed by atoms with Crippen LogP contribution in [0.25, 0.3) is 10.9 Å². The number of aromatic nitrogens is 1. The maximum atomic E-state index is 14.0. The van der Waals surface area contributed by atoms with Crippen LogP contribution in [0.3, 0.4) is 0 Å². The highest BCUT2D eigenvalue weighted by atomic mass is 16.6. The van der Waals surface area contributed by atoms with Gasteiger partial charge < -0.3 is 54.6 Å². The number of hydrogen-bond donors (Lipinski definition) is 4. The van der Waals surface area contributed by atoms with Crippen LogP contribution in [-0.2, 0) is 67.4 Å². The molecule has 0 unspecified atom stereocenters. The first-order valence-corrected chi connectivity index (χ1v) is 23.7. The van der Waals surface area contributed by atoms with Gasteiger partial charge in [-0.2, -0.15) is 4.99 Å². The van der Waals surface area contributed by atoms with Gasteiger partial charge in [-0.1, -0.05) is 44.2 Å². The van der Waals surface area contributed by atoms with Crippen molar-refractivity contribution < 1.29 is 52.5 Å². The summed E-state index contributed by atoms with van der Waals surface area (Å²) in [6.45, 7) is 16.8. The maximum absolute atomic E-state index is 14.0. The van der Waals surface area contributed by atoms with Crippen molar-refractivity contribution in [3.05, 3.63) is 65.9 Å². The van der Waals surface area contributed by atoms with E-state index < -0.39 is 41.5 Å². The van der Waals surface area contributed by atoms with Gasteiger partial charge in [-0.15, -0.1) is 0 Å². The summed E-state index contributed by atoms with van der Waals surface area (Å²) in [6.07, 6.45) is 0.429. The quantitative estimate of drug-likeness (QED) is 0.0486. The number of likely N-dealkylation sites (tertiary alicyclic amines) is 1. The van der Waals surface area contributed by atoms with Crippen molar-refractivity contribution in [2.24, 2.45) is 10.9 Å². The summed E-state index contributed by atoms with van der Waals surface area (Å²) in [5, 5.41) is 12.5. The first-order valence-electron chi connectivity index (χ1n) is 23.7. The number of anilines is 1. The zero-order valence-electron chi connectivity index (χ0n) is 41.3. The highest BCUT2D eigenvalue weighted by molar-refractivity contribution is 5.98. The third-order valence-electron chi connectivity index (χ3n) is 11.4. The van der Waals surface area contributed by atoms with E-state index in [1.54, 1.807) is 63.8 Å². The van der Waals surface area contributed by atoms with Crippen LogP contribution < -0.4 is 21.3 Å². The van der Waals surface area contributed by atoms with Crippen molar-refractivity contribution in [1.82, 2.24) is 30.3 Å². The molecule has 2 heterocycles. The number of hydrogen-bond acceptors (Lipinski definition) is 12. The summed E-state index contributed by atoms with van der Waals surface area (Å²) in [4.78, 5) is 97.2. The molecule has 1 aromatic heterocycles. The van der Waals surface area contributed by atoms with Gasteiger partial charge in [0.05, 0.1) is 32.8 Å². The molecule has 1 aliphatic heterocycles. The molecule has 2 atom stereocenters. The Labute approximate surface area is 405 Å². The summed E-state index contributed by atoms with van der Waals surface area (Å²) >= 11 is 0. The van der Waals surface area contributed by atoms with Gasteiger partial charge in [0.25, 0.3) is 0 Å². The lowest BCUT2D eigenvalue weighted by atomic mass is 10.0. The minimum atomic E-state index is -0.987. The van der Waals surface area contributed by atoms with Crippen LogP contribution in [0.15, 0.2) is 59.6 Å². The van der Waals surface area contributed by atoms with Crippen LogP contribution in [0.4, 0.5) is 10.5 Å². The van der Waals surface area contributed by atoms with E-state index >= 15 is 0 Å². The number of para-hydroxylation sites is 1. The number of fused-ring (bicyclic) bond motifs is 1. The zero-order valence-corrected chi connectivity index (χ0v) is 41.3. The topological polar surface area (TPSA) is 228 Å². The number of carbonyl (C=O) groups is 7. The highest BCUT2D eigenvalue weighted by Gasteiger charge is 2.31.